The summed E-state index contributed by atoms with van der Waals surface area (Å²) in [5, 5.41) is 3.83. The maximum Gasteiger partial charge on any atom is 0.194 e. The molecule has 6 heteroatoms. The minimum absolute atomic E-state index is 0.209. The molecule has 4 fully saturated rings. The lowest BCUT2D eigenvalue weighted by Gasteiger charge is -2.30. The first kappa shape index (κ1) is 19.5. The van der Waals surface area contributed by atoms with Crippen LogP contribution in [0.4, 0.5) is 0 Å². The van der Waals surface area contributed by atoms with Gasteiger partial charge in [-0.25, -0.2) is 8.42 Å². The lowest BCUT2D eigenvalue weighted by molar-refractivity contribution is 0.360. The van der Waals surface area contributed by atoms with Gasteiger partial charge in [0.1, 0.15) is 0 Å². The highest BCUT2D eigenvalue weighted by atomic mass is 32.2. The number of fused-ring (bicyclic) bond motifs is 2. The van der Waals surface area contributed by atoms with Crippen molar-refractivity contribution in [1.82, 2.24) is 10.2 Å². The SMILES string of the molecule is CC(C)CC1CCN(C(=NCC2CCS(=O)(=O)C2)NC2CC3CCC2C3)C1. The highest BCUT2D eigenvalue weighted by Crippen LogP contribution is 2.44. The maximum absolute atomic E-state index is 11.8. The first-order chi connectivity index (χ1) is 12.9. The molecular formula is C21H37N3O2S. The summed E-state index contributed by atoms with van der Waals surface area (Å²) in [7, 11) is -2.82. The third kappa shape index (κ3) is 4.80. The Balaban J connectivity index is 1.41. The number of nitrogens with zero attached hydrogens (tertiary/aromatic N) is 2. The number of hydrogen-bond acceptors (Lipinski definition) is 3. The van der Waals surface area contributed by atoms with E-state index in [0.29, 0.717) is 24.1 Å². The quantitative estimate of drug-likeness (QED) is 0.574. The Morgan fingerprint density at radius 1 is 1.15 bits per heavy atom. The molecule has 2 heterocycles. The zero-order valence-corrected chi connectivity index (χ0v) is 17.9. The highest BCUT2D eigenvalue weighted by Gasteiger charge is 2.40. The second kappa shape index (κ2) is 7.92. The Kier molecular flexibility index (Phi) is 5.73. The summed E-state index contributed by atoms with van der Waals surface area (Å²) in [5.74, 6) is 5.21. The van der Waals surface area contributed by atoms with Crippen LogP contribution in [-0.4, -0.2) is 56.5 Å². The van der Waals surface area contributed by atoms with Crippen molar-refractivity contribution in [3.8, 4) is 0 Å². The number of guanidine groups is 1. The first-order valence-corrected chi connectivity index (χ1v) is 13.0. The molecule has 2 saturated heterocycles. The fraction of sp³-hybridized carbons (Fsp3) is 0.952. The molecule has 0 aromatic rings. The lowest BCUT2D eigenvalue weighted by Crippen LogP contribution is -2.47. The molecule has 2 bridgehead atoms. The summed E-state index contributed by atoms with van der Waals surface area (Å²) in [5.41, 5.74) is 0. The van der Waals surface area contributed by atoms with E-state index in [1.807, 2.05) is 0 Å². The van der Waals surface area contributed by atoms with Gasteiger partial charge in [-0.1, -0.05) is 20.3 Å². The topological polar surface area (TPSA) is 61.8 Å². The fourth-order valence-electron chi connectivity index (χ4n) is 5.94. The fourth-order valence-corrected chi connectivity index (χ4v) is 7.79. The van der Waals surface area contributed by atoms with Crippen LogP contribution in [0.25, 0.3) is 0 Å². The van der Waals surface area contributed by atoms with Crippen molar-refractivity contribution in [2.75, 3.05) is 31.1 Å². The van der Waals surface area contributed by atoms with E-state index in [4.69, 9.17) is 4.99 Å². The number of sulfone groups is 1. The van der Waals surface area contributed by atoms with E-state index < -0.39 is 9.84 Å². The molecule has 2 aliphatic carbocycles. The average molecular weight is 396 g/mol. The van der Waals surface area contributed by atoms with Gasteiger partial charge in [0.15, 0.2) is 15.8 Å². The lowest BCUT2D eigenvalue weighted by atomic mass is 9.95. The molecular weight excluding hydrogens is 358 g/mol. The molecule has 2 saturated carbocycles. The van der Waals surface area contributed by atoms with E-state index in [1.54, 1.807) is 0 Å². The van der Waals surface area contributed by atoms with Gasteiger partial charge in [0, 0.05) is 25.7 Å². The molecule has 0 aromatic heterocycles. The number of nitrogens with one attached hydrogen (secondary N) is 1. The standard InChI is InChI=1S/C21H37N3O2S/c1-15(2)9-17-5-7-24(13-17)21(22-12-18-6-8-27(25,26)14-18)23-20-11-16-3-4-19(20)10-16/h15-20H,3-14H2,1-2H3,(H,22,23). The van der Waals surface area contributed by atoms with Gasteiger partial charge in [0.05, 0.1) is 11.5 Å². The van der Waals surface area contributed by atoms with Gasteiger partial charge < -0.3 is 10.2 Å². The Morgan fingerprint density at radius 3 is 2.63 bits per heavy atom. The third-order valence-electron chi connectivity index (χ3n) is 7.27. The second-order valence-electron chi connectivity index (χ2n) is 10.1. The first-order valence-electron chi connectivity index (χ1n) is 11.1. The van der Waals surface area contributed by atoms with Crippen LogP contribution in [0.2, 0.25) is 0 Å². The summed E-state index contributed by atoms with van der Waals surface area (Å²) in [6.07, 6.45) is 8.80. The van der Waals surface area contributed by atoms with Crippen molar-refractivity contribution in [2.24, 2.45) is 34.6 Å². The predicted molar refractivity (Wildman–Crippen MR) is 111 cm³/mol. The van der Waals surface area contributed by atoms with Crippen molar-refractivity contribution >= 4 is 15.8 Å². The monoisotopic (exact) mass is 395 g/mol. The van der Waals surface area contributed by atoms with Crippen LogP contribution in [0.15, 0.2) is 4.99 Å². The molecule has 5 nitrogen and oxygen atoms in total. The summed E-state index contributed by atoms with van der Waals surface area (Å²) < 4.78 is 23.6. The summed E-state index contributed by atoms with van der Waals surface area (Å²) in [6, 6.07) is 0.582. The Hall–Kier alpha value is -0.780. The number of hydrogen-bond donors (Lipinski definition) is 1. The van der Waals surface area contributed by atoms with Crippen LogP contribution in [-0.2, 0) is 9.84 Å². The van der Waals surface area contributed by atoms with Gasteiger partial charge in [-0.3, -0.25) is 4.99 Å². The molecule has 1 N–H and O–H groups in total. The zero-order valence-electron chi connectivity index (χ0n) is 17.1. The molecule has 0 radical (unpaired) electrons. The van der Waals surface area contributed by atoms with Crippen LogP contribution in [0.3, 0.4) is 0 Å². The van der Waals surface area contributed by atoms with E-state index in [-0.39, 0.29) is 5.92 Å². The van der Waals surface area contributed by atoms with Crippen LogP contribution < -0.4 is 5.32 Å². The molecule has 0 amide bonds. The van der Waals surface area contributed by atoms with Gasteiger partial charge in [-0.2, -0.15) is 0 Å². The van der Waals surface area contributed by atoms with Crippen molar-refractivity contribution in [3.63, 3.8) is 0 Å². The number of likely N-dealkylation sites (tertiary alicyclic amines) is 1. The largest absolute Gasteiger partial charge is 0.353 e. The van der Waals surface area contributed by atoms with Crippen molar-refractivity contribution in [3.05, 3.63) is 0 Å². The summed E-state index contributed by atoms with van der Waals surface area (Å²) in [6.45, 7) is 7.48. The number of rotatable bonds is 5. The molecule has 154 valence electrons. The average Bonchev–Trinajstić information content (AvgIpc) is 3.35. The van der Waals surface area contributed by atoms with E-state index in [2.05, 4.69) is 24.1 Å². The molecule has 5 unspecified atom stereocenters. The van der Waals surface area contributed by atoms with Gasteiger partial charge in [-0.15, -0.1) is 0 Å². The maximum atomic E-state index is 11.8. The van der Waals surface area contributed by atoms with Gasteiger partial charge in [-0.05, 0) is 68.1 Å². The molecule has 4 aliphatic rings. The van der Waals surface area contributed by atoms with Gasteiger partial charge in [0.25, 0.3) is 0 Å². The summed E-state index contributed by atoms with van der Waals surface area (Å²) in [4.78, 5) is 7.44. The Labute approximate surface area is 165 Å². The third-order valence-corrected chi connectivity index (χ3v) is 9.11. The van der Waals surface area contributed by atoms with Crippen molar-refractivity contribution < 1.29 is 8.42 Å². The van der Waals surface area contributed by atoms with Crippen LogP contribution in [0.1, 0.15) is 58.8 Å². The van der Waals surface area contributed by atoms with E-state index >= 15 is 0 Å². The molecule has 0 spiro atoms. The van der Waals surface area contributed by atoms with Crippen LogP contribution in [0, 0.1) is 29.6 Å². The molecule has 4 rings (SSSR count). The van der Waals surface area contributed by atoms with E-state index in [0.717, 1.165) is 49.1 Å². The van der Waals surface area contributed by atoms with Crippen LogP contribution >= 0.6 is 0 Å². The molecule has 5 atom stereocenters. The van der Waals surface area contributed by atoms with Crippen molar-refractivity contribution in [1.29, 1.82) is 0 Å². The van der Waals surface area contributed by atoms with Gasteiger partial charge >= 0.3 is 0 Å². The minimum Gasteiger partial charge on any atom is -0.353 e. The minimum atomic E-state index is -2.82. The normalized spacial score (nSPS) is 38.3. The Morgan fingerprint density at radius 2 is 2.00 bits per heavy atom. The second-order valence-corrected chi connectivity index (χ2v) is 12.3. The van der Waals surface area contributed by atoms with E-state index in [1.165, 1.54) is 38.5 Å². The molecule has 0 aromatic carbocycles. The smallest absolute Gasteiger partial charge is 0.194 e. The van der Waals surface area contributed by atoms with Crippen LogP contribution in [0.5, 0.6) is 0 Å². The molecule has 2 aliphatic heterocycles. The highest BCUT2D eigenvalue weighted by molar-refractivity contribution is 7.91. The zero-order chi connectivity index (χ0) is 19.0. The Bertz CT molecular complexity index is 660. The van der Waals surface area contributed by atoms with Crippen molar-refractivity contribution in [2.45, 2.75) is 64.8 Å². The van der Waals surface area contributed by atoms with E-state index in [9.17, 15) is 8.42 Å². The predicted octanol–water partition coefficient (Wildman–Crippen LogP) is 2.92. The van der Waals surface area contributed by atoms with Gasteiger partial charge in [0.2, 0.25) is 0 Å². The summed E-state index contributed by atoms with van der Waals surface area (Å²) >= 11 is 0. The number of aliphatic imine (C=N–C) groups is 1. The molecule has 27 heavy (non-hydrogen) atoms.